The van der Waals surface area contributed by atoms with Gasteiger partial charge in [-0.25, -0.2) is 0 Å². The maximum atomic E-state index is 12.0. The van der Waals surface area contributed by atoms with Crippen LogP contribution in [0.2, 0.25) is 0 Å². The molecule has 0 radical (unpaired) electrons. The second kappa shape index (κ2) is 5.83. The van der Waals surface area contributed by atoms with Gasteiger partial charge in [0.25, 0.3) is 0 Å². The maximum Gasteiger partial charge on any atom is 0.387 e. The Morgan fingerprint density at radius 1 is 1.05 bits per heavy atom. The van der Waals surface area contributed by atoms with Crippen LogP contribution in [0, 0.1) is 0 Å². The Bertz CT molecular complexity index is 689. The second-order valence-electron chi connectivity index (χ2n) is 4.51. The van der Waals surface area contributed by atoms with Crippen molar-refractivity contribution in [3.63, 3.8) is 0 Å². The lowest BCUT2D eigenvalue weighted by Gasteiger charge is -2.07. The fourth-order valence-corrected chi connectivity index (χ4v) is 2.07. The summed E-state index contributed by atoms with van der Waals surface area (Å²) >= 11 is 0. The average molecular weight is 289 g/mol. The molecule has 0 saturated carbocycles. The number of ether oxygens (including phenoxy) is 1. The zero-order valence-electron chi connectivity index (χ0n) is 11.1. The molecule has 21 heavy (non-hydrogen) atoms. The SMILES string of the molecule is FC(F)Oc1ccc(NCc2cc3ccccc3o2)cc1. The van der Waals surface area contributed by atoms with E-state index in [0.717, 1.165) is 22.4 Å². The third-order valence-corrected chi connectivity index (χ3v) is 3.02. The zero-order chi connectivity index (χ0) is 14.7. The van der Waals surface area contributed by atoms with Gasteiger partial charge in [-0.2, -0.15) is 8.78 Å². The largest absolute Gasteiger partial charge is 0.459 e. The van der Waals surface area contributed by atoms with Crippen LogP contribution in [0.4, 0.5) is 14.5 Å². The summed E-state index contributed by atoms with van der Waals surface area (Å²) in [4.78, 5) is 0. The van der Waals surface area contributed by atoms with E-state index < -0.39 is 6.61 Å². The van der Waals surface area contributed by atoms with Gasteiger partial charge in [-0.05, 0) is 36.4 Å². The fourth-order valence-electron chi connectivity index (χ4n) is 2.07. The van der Waals surface area contributed by atoms with E-state index in [1.54, 1.807) is 12.1 Å². The van der Waals surface area contributed by atoms with Crippen LogP contribution in [0.5, 0.6) is 5.75 Å². The fraction of sp³-hybridized carbons (Fsp3) is 0.125. The van der Waals surface area contributed by atoms with Gasteiger partial charge in [-0.3, -0.25) is 0 Å². The van der Waals surface area contributed by atoms with Crippen molar-refractivity contribution in [2.24, 2.45) is 0 Å². The molecule has 2 aromatic carbocycles. The minimum Gasteiger partial charge on any atom is -0.459 e. The van der Waals surface area contributed by atoms with Gasteiger partial charge in [-0.1, -0.05) is 18.2 Å². The van der Waals surface area contributed by atoms with Gasteiger partial charge in [0.1, 0.15) is 17.1 Å². The molecular formula is C16H13F2NO2. The van der Waals surface area contributed by atoms with Crippen molar-refractivity contribution in [3.05, 3.63) is 60.4 Å². The molecule has 108 valence electrons. The number of anilines is 1. The normalized spacial score (nSPS) is 11.0. The number of hydrogen-bond acceptors (Lipinski definition) is 3. The molecule has 1 aromatic heterocycles. The summed E-state index contributed by atoms with van der Waals surface area (Å²) in [5.41, 5.74) is 1.65. The number of benzene rings is 2. The number of hydrogen-bond donors (Lipinski definition) is 1. The van der Waals surface area contributed by atoms with E-state index in [9.17, 15) is 8.78 Å². The Morgan fingerprint density at radius 2 is 1.81 bits per heavy atom. The van der Waals surface area contributed by atoms with Gasteiger partial charge in [0.2, 0.25) is 0 Å². The Labute approximate surface area is 120 Å². The van der Waals surface area contributed by atoms with E-state index in [1.807, 2.05) is 30.3 Å². The van der Waals surface area contributed by atoms with Gasteiger partial charge < -0.3 is 14.5 Å². The Kier molecular flexibility index (Phi) is 3.73. The molecule has 0 aliphatic heterocycles. The van der Waals surface area contributed by atoms with Crippen LogP contribution in [-0.4, -0.2) is 6.61 Å². The number of rotatable bonds is 5. The Hall–Kier alpha value is -2.56. The Morgan fingerprint density at radius 3 is 2.52 bits per heavy atom. The first-order chi connectivity index (χ1) is 10.2. The van der Waals surface area contributed by atoms with Crippen molar-refractivity contribution in [1.29, 1.82) is 0 Å². The summed E-state index contributed by atoms with van der Waals surface area (Å²) in [6, 6.07) is 16.1. The van der Waals surface area contributed by atoms with E-state index in [0.29, 0.717) is 6.54 Å². The lowest BCUT2D eigenvalue weighted by molar-refractivity contribution is -0.0498. The first kappa shape index (κ1) is 13.4. The predicted octanol–water partition coefficient (Wildman–Crippen LogP) is 4.65. The molecule has 1 N–H and O–H groups in total. The summed E-state index contributed by atoms with van der Waals surface area (Å²) in [5, 5.41) is 4.22. The molecule has 0 spiro atoms. The highest BCUT2D eigenvalue weighted by Gasteiger charge is 2.05. The first-order valence-corrected chi connectivity index (χ1v) is 6.47. The lowest BCUT2D eigenvalue weighted by Crippen LogP contribution is -2.02. The van der Waals surface area contributed by atoms with Gasteiger partial charge in [0, 0.05) is 11.1 Å². The quantitative estimate of drug-likeness (QED) is 0.742. The van der Waals surface area contributed by atoms with Crippen molar-refractivity contribution < 1.29 is 17.9 Å². The summed E-state index contributed by atoms with van der Waals surface area (Å²) < 4.78 is 34.1. The average Bonchev–Trinajstić information content (AvgIpc) is 2.89. The van der Waals surface area contributed by atoms with Crippen molar-refractivity contribution in [2.75, 3.05) is 5.32 Å². The monoisotopic (exact) mass is 289 g/mol. The van der Waals surface area contributed by atoms with Crippen LogP contribution >= 0.6 is 0 Å². The summed E-state index contributed by atoms with van der Waals surface area (Å²) in [6.07, 6.45) is 0. The molecule has 3 rings (SSSR count). The van der Waals surface area contributed by atoms with E-state index in [1.165, 1.54) is 12.1 Å². The minimum atomic E-state index is -2.81. The summed E-state index contributed by atoms with van der Waals surface area (Å²) in [6.45, 7) is -2.29. The second-order valence-corrected chi connectivity index (χ2v) is 4.51. The van der Waals surface area contributed by atoms with Gasteiger partial charge in [0.05, 0.1) is 6.54 Å². The third kappa shape index (κ3) is 3.31. The summed E-state index contributed by atoms with van der Waals surface area (Å²) in [7, 11) is 0. The third-order valence-electron chi connectivity index (χ3n) is 3.02. The molecule has 5 heteroatoms. The molecule has 0 atom stereocenters. The molecule has 3 aromatic rings. The van der Waals surface area contributed by atoms with E-state index in [4.69, 9.17) is 4.42 Å². The van der Waals surface area contributed by atoms with E-state index in [-0.39, 0.29) is 5.75 Å². The number of para-hydroxylation sites is 1. The van der Waals surface area contributed by atoms with Crippen LogP contribution in [-0.2, 0) is 6.54 Å². The van der Waals surface area contributed by atoms with Gasteiger partial charge in [0.15, 0.2) is 0 Å². The van der Waals surface area contributed by atoms with Crippen LogP contribution in [0.3, 0.4) is 0 Å². The van der Waals surface area contributed by atoms with Crippen LogP contribution in [0.1, 0.15) is 5.76 Å². The zero-order valence-corrected chi connectivity index (χ0v) is 11.1. The van der Waals surface area contributed by atoms with Crippen LogP contribution < -0.4 is 10.1 Å². The Balaban J connectivity index is 1.64. The molecule has 0 fully saturated rings. The smallest absolute Gasteiger partial charge is 0.387 e. The molecule has 0 aliphatic carbocycles. The standard InChI is InChI=1S/C16H13F2NO2/c17-16(18)21-13-7-5-12(6-8-13)19-10-14-9-11-3-1-2-4-15(11)20-14/h1-9,16,19H,10H2. The topological polar surface area (TPSA) is 34.4 Å². The van der Waals surface area contributed by atoms with E-state index in [2.05, 4.69) is 10.1 Å². The lowest BCUT2D eigenvalue weighted by atomic mass is 10.2. The molecule has 0 aliphatic rings. The number of halogens is 2. The number of furan rings is 1. The molecule has 0 saturated heterocycles. The van der Waals surface area contributed by atoms with Gasteiger partial charge >= 0.3 is 6.61 Å². The van der Waals surface area contributed by atoms with Crippen molar-refractivity contribution in [1.82, 2.24) is 0 Å². The summed E-state index contributed by atoms with van der Waals surface area (Å²) in [5.74, 6) is 0.948. The highest BCUT2D eigenvalue weighted by Crippen LogP contribution is 2.21. The molecule has 0 bridgehead atoms. The molecule has 3 nitrogen and oxygen atoms in total. The predicted molar refractivity (Wildman–Crippen MR) is 76.6 cm³/mol. The first-order valence-electron chi connectivity index (χ1n) is 6.47. The van der Waals surface area contributed by atoms with Crippen molar-refractivity contribution in [3.8, 4) is 5.75 Å². The van der Waals surface area contributed by atoms with Crippen LogP contribution in [0.25, 0.3) is 11.0 Å². The highest BCUT2D eigenvalue weighted by molar-refractivity contribution is 5.77. The van der Waals surface area contributed by atoms with Crippen molar-refractivity contribution >= 4 is 16.7 Å². The molecule has 1 heterocycles. The number of fused-ring (bicyclic) bond motifs is 1. The number of nitrogens with one attached hydrogen (secondary N) is 1. The molecular weight excluding hydrogens is 276 g/mol. The minimum absolute atomic E-state index is 0.138. The molecule has 0 unspecified atom stereocenters. The van der Waals surface area contributed by atoms with Crippen molar-refractivity contribution in [2.45, 2.75) is 13.2 Å². The maximum absolute atomic E-state index is 12.0. The highest BCUT2D eigenvalue weighted by atomic mass is 19.3. The van der Waals surface area contributed by atoms with Gasteiger partial charge in [-0.15, -0.1) is 0 Å². The molecule has 0 amide bonds. The van der Waals surface area contributed by atoms with Crippen LogP contribution in [0.15, 0.2) is 59.0 Å². The number of alkyl halides is 2. The van der Waals surface area contributed by atoms with E-state index >= 15 is 0 Å².